The smallest absolute Gasteiger partial charge is 0.266 e. The van der Waals surface area contributed by atoms with Crippen LogP contribution in [0, 0.1) is 0 Å². The number of carbonyl (C=O) groups excluding carboxylic acids is 4. The minimum Gasteiger partial charge on any atom is -0.485 e. The maximum Gasteiger partial charge on any atom is 0.266 e. The van der Waals surface area contributed by atoms with E-state index in [-0.39, 0.29) is 36.3 Å². The van der Waals surface area contributed by atoms with Crippen LogP contribution in [0.1, 0.15) is 33.6 Å². The number of imide groups is 2. The average molecular weight is 357 g/mol. The lowest BCUT2D eigenvalue weighted by Gasteiger charge is -2.45. The second kappa shape index (κ2) is 5.04. The summed E-state index contributed by atoms with van der Waals surface area (Å²) in [5.41, 5.74) is -0.125. The van der Waals surface area contributed by atoms with Crippen molar-refractivity contribution < 1.29 is 28.7 Å². The number of carbonyl (C=O) groups is 4. The predicted octanol–water partition coefficient (Wildman–Crippen LogP) is -0.799. The number of rotatable bonds is 1. The Morgan fingerprint density at radius 3 is 2.62 bits per heavy atom. The molecule has 0 bridgehead atoms. The highest BCUT2D eigenvalue weighted by atomic mass is 16.6. The van der Waals surface area contributed by atoms with Crippen molar-refractivity contribution in [1.82, 2.24) is 15.5 Å². The van der Waals surface area contributed by atoms with Gasteiger partial charge in [0.25, 0.3) is 11.8 Å². The topological polar surface area (TPSA) is 114 Å². The van der Waals surface area contributed by atoms with Crippen LogP contribution in [0.4, 0.5) is 0 Å². The zero-order valence-electron chi connectivity index (χ0n) is 13.7. The highest BCUT2D eigenvalue weighted by Crippen LogP contribution is 2.44. The number of hydrogen-bond donors (Lipinski definition) is 2. The van der Waals surface area contributed by atoms with Gasteiger partial charge in [-0.1, -0.05) is 0 Å². The van der Waals surface area contributed by atoms with Gasteiger partial charge in [-0.15, -0.1) is 0 Å². The van der Waals surface area contributed by atoms with Crippen molar-refractivity contribution in [2.45, 2.75) is 24.5 Å². The van der Waals surface area contributed by atoms with Crippen LogP contribution in [-0.4, -0.2) is 59.9 Å². The molecule has 134 valence electrons. The van der Waals surface area contributed by atoms with Crippen molar-refractivity contribution in [3.05, 3.63) is 23.3 Å². The fraction of sp³-hybridized carbons (Fsp3) is 0.412. The first-order valence-corrected chi connectivity index (χ1v) is 8.40. The summed E-state index contributed by atoms with van der Waals surface area (Å²) in [5.74, 6) is -1.53. The molecule has 4 aliphatic rings. The van der Waals surface area contributed by atoms with Crippen LogP contribution in [-0.2, 0) is 9.59 Å². The van der Waals surface area contributed by atoms with Gasteiger partial charge in [0.1, 0.15) is 12.6 Å². The van der Waals surface area contributed by atoms with Gasteiger partial charge in [0.05, 0.1) is 11.1 Å². The zero-order chi connectivity index (χ0) is 18.1. The first kappa shape index (κ1) is 15.3. The molecule has 0 aliphatic carbocycles. The minimum absolute atomic E-state index is 0.0804. The Balaban J connectivity index is 1.52. The fourth-order valence-electron chi connectivity index (χ4n) is 3.78. The molecule has 1 atom stereocenters. The number of fused-ring (bicyclic) bond motifs is 3. The summed E-state index contributed by atoms with van der Waals surface area (Å²) in [5, 5.41) is 5.30. The van der Waals surface area contributed by atoms with Crippen molar-refractivity contribution in [2.75, 3.05) is 19.7 Å². The largest absolute Gasteiger partial charge is 0.485 e. The highest BCUT2D eigenvalue weighted by Gasteiger charge is 2.50. The summed E-state index contributed by atoms with van der Waals surface area (Å²) in [7, 11) is 0. The van der Waals surface area contributed by atoms with Crippen molar-refractivity contribution >= 4 is 23.6 Å². The van der Waals surface area contributed by atoms with Crippen molar-refractivity contribution in [3.8, 4) is 11.5 Å². The van der Waals surface area contributed by atoms with E-state index in [1.807, 2.05) is 0 Å². The summed E-state index contributed by atoms with van der Waals surface area (Å²) in [6, 6.07) is 2.14. The molecule has 9 nitrogen and oxygen atoms in total. The van der Waals surface area contributed by atoms with Gasteiger partial charge in [-0.25, -0.2) is 0 Å². The SMILES string of the molecule is O=C1CCC(N2C(=O)c3ccc4c(c3C2=O)OCC2(CNC2)O4)C(=O)N1. The Morgan fingerprint density at radius 1 is 1.12 bits per heavy atom. The summed E-state index contributed by atoms with van der Waals surface area (Å²) in [6.45, 7) is 1.58. The highest BCUT2D eigenvalue weighted by molar-refractivity contribution is 6.24. The van der Waals surface area contributed by atoms with Crippen LogP contribution in [0.25, 0.3) is 0 Å². The second-order valence-electron chi connectivity index (χ2n) is 6.94. The summed E-state index contributed by atoms with van der Waals surface area (Å²) in [6.07, 6.45) is 0.196. The number of nitrogens with one attached hydrogen (secondary N) is 2. The van der Waals surface area contributed by atoms with Gasteiger partial charge in [-0.3, -0.25) is 29.4 Å². The molecule has 4 heterocycles. The van der Waals surface area contributed by atoms with E-state index in [2.05, 4.69) is 10.6 Å². The molecular formula is C17H15N3O6. The van der Waals surface area contributed by atoms with Crippen molar-refractivity contribution in [1.29, 1.82) is 0 Å². The Bertz CT molecular complexity index is 891. The third-order valence-corrected chi connectivity index (χ3v) is 5.23. The van der Waals surface area contributed by atoms with Crippen LogP contribution in [0.15, 0.2) is 12.1 Å². The Morgan fingerprint density at radius 2 is 1.92 bits per heavy atom. The molecule has 9 heteroatoms. The van der Waals surface area contributed by atoms with Crippen LogP contribution in [0.5, 0.6) is 11.5 Å². The molecule has 2 N–H and O–H groups in total. The lowest BCUT2D eigenvalue weighted by atomic mass is 9.96. The number of nitrogens with zero attached hydrogens (tertiary/aromatic N) is 1. The molecule has 0 saturated carbocycles. The van der Waals surface area contributed by atoms with Gasteiger partial charge in [0, 0.05) is 19.5 Å². The molecule has 2 fully saturated rings. The minimum atomic E-state index is -0.998. The molecule has 1 aromatic carbocycles. The van der Waals surface area contributed by atoms with E-state index in [9.17, 15) is 19.2 Å². The molecule has 26 heavy (non-hydrogen) atoms. The molecule has 1 unspecified atom stereocenters. The fourth-order valence-corrected chi connectivity index (χ4v) is 3.78. The first-order valence-electron chi connectivity index (χ1n) is 8.40. The van der Waals surface area contributed by atoms with E-state index in [1.54, 1.807) is 6.07 Å². The molecule has 5 rings (SSSR count). The van der Waals surface area contributed by atoms with Crippen LogP contribution in [0.2, 0.25) is 0 Å². The lowest BCUT2D eigenvalue weighted by Crippen LogP contribution is -2.67. The average Bonchev–Trinajstić information content (AvgIpc) is 2.84. The Labute approximate surface area is 147 Å². The standard InChI is InChI=1S/C17H15N3O6/c21-11-4-2-9(14(22)19-11)20-15(23)8-1-3-10-13(12(8)16(20)24)25-7-17(26-10)5-18-6-17/h1,3,9,18H,2,4-7H2,(H,19,21,22). The summed E-state index contributed by atoms with van der Waals surface area (Å²) < 4.78 is 11.8. The summed E-state index contributed by atoms with van der Waals surface area (Å²) >= 11 is 0. The lowest BCUT2D eigenvalue weighted by molar-refractivity contribution is -0.136. The zero-order valence-corrected chi connectivity index (χ0v) is 13.7. The van der Waals surface area contributed by atoms with Gasteiger partial charge in [-0.05, 0) is 18.6 Å². The number of hydrogen-bond acceptors (Lipinski definition) is 7. The molecule has 0 aromatic heterocycles. The van der Waals surface area contributed by atoms with Crippen LogP contribution >= 0.6 is 0 Å². The van der Waals surface area contributed by atoms with Gasteiger partial charge in [0.15, 0.2) is 17.1 Å². The molecule has 1 aromatic rings. The van der Waals surface area contributed by atoms with Gasteiger partial charge in [-0.2, -0.15) is 0 Å². The third-order valence-electron chi connectivity index (χ3n) is 5.23. The number of piperidine rings is 1. The Kier molecular flexibility index (Phi) is 2.97. The van der Waals surface area contributed by atoms with Crippen molar-refractivity contribution in [2.24, 2.45) is 0 Å². The molecule has 4 aliphatic heterocycles. The number of amides is 4. The second-order valence-corrected chi connectivity index (χ2v) is 6.94. The van der Waals surface area contributed by atoms with Gasteiger partial charge in [0.2, 0.25) is 11.8 Å². The van der Waals surface area contributed by atoms with Crippen LogP contribution in [0.3, 0.4) is 0 Å². The monoisotopic (exact) mass is 357 g/mol. The van der Waals surface area contributed by atoms with E-state index in [1.165, 1.54) is 6.07 Å². The molecule has 1 spiro atoms. The van der Waals surface area contributed by atoms with Gasteiger partial charge >= 0.3 is 0 Å². The van der Waals surface area contributed by atoms with Gasteiger partial charge < -0.3 is 14.8 Å². The van der Waals surface area contributed by atoms with Crippen LogP contribution < -0.4 is 20.1 Å². The van der Waals surface area contributed by atoms with E-state index < -0.39 is 35.3 Å². The molecule has 0 radical (unpaired) electrons. The third kappa shape index (κ3) is 1.94. The molecule has 2 saturated heterocycles. The van der Waals surface area contributed by atoms with E-state index in [4.69, 9.17) is 9.47 Å². The number of ether oxygens (including phenoxy) is 2. The number of benzene rings is 1. The normalized spacial score (nSPS) is 25.8. The molecule has 4 amide bonds. The predicted molar refractivity (Wildman–Crippen MR) is 84.8 cm³/mol. The Hall–Kier alpha value is -2.94. The summed E-state index contributed by atoms with van der Waals surface area (Å²) in [4.78, 5) is 50.1. The first-order chi connectivity index (χ1) is 12.5. The van der Waals surface area contributed by atoms with Crippen molar-refractivity contribution in [3.63, 3.8) is 0 Å². The quantitative estimate of drug-likeness (QED) is 0.633. The van der Waals surface area contributed by atoms with E-state index >= 15 is 0 Å². The molecular weight excluding hydrogens is 342 g/mol. The van der Waals surface area contributed by atoms with E-state index in [0.29, 0.717) is 18.8 Å². The van der Waals surface area contributed by atoms with E-state index in [0.717, 1.165) is 4.90 Å². The maximum absolute atomic E-state index is 12.9. The maximum atomic E-state index is 12.9.